The minimum absolute atomic E-state index is 0.0538. The molecule has 1 aromatic rings. The lowest BCUT2D eigenvalue weighted by Crippen LogP contribution is -2.35. The maximum atomic E-state index is 12.3. The quantitative estimate of drug-likeness (QED) is 0.810. The summed E-state index contributed by atoms with van der Waals surface area (Å²) in [6, 6.07) is 3.31. The fourth-order valence-corrected chi connectivity index (χ4v) is 2.08. The molecule has 0 bridgehead atoms. The second-order valence-corrected chi connectivity index (χ2v) is 4.74. The van der Waals surface area contributed by atoms with E-state index in [0.29, 0.717) is 24.0 Å². The fourth-order valence-electron chi connectivity index (χ4n) is 2.08. The van der Waals surface area contributed by atoms with Crippen molar-refractivity contribution in [3.63, 3.8) is 0 Å². The SMILES string of the molecule is C#CCC(CC)NC(=O)c1c(C)ccc(C)c1C(=O)O. The standard InChI is InChI=1S/C16H19NO3/c1-5-7-12(6-2)17-15(18)13-10(3)8-9-11(4)14(13)16(19)20/h1,8-9,12H,6-7H2,2-4H3,(H,17,18)(H,19,20). The predicted molar refractivity (Wildman–Crippen MR) is 77.9 cm³/mol. The van der Waals surface area contributed by atoms with Crippen LogP contribution in [0.4, 0.5) is 0 Å². The molecule has 1 unspecified atom stereocenters. The molecule has 0 aromatic heterocycles. The van der Waals surface area contributed by atoms with Gasteiger partial charge in [-0.25, -0.2) is 4.79 Å². The predicted octanol–water partition coefficient (Wildman–Crippen LogP) is 2.53. The zero-order valence-corrected chi connectivity index (χ0v) is 12.0. The van der Waals surface area contributed by atoms with E-state index in [1.807, 2.05) is 6.92 Å². The van der Waals surface area contributed by atoms with E-state index in [1.54, 1.807) is 26.0 Å². The maximum absolute atomic E-state index is 12.3. The number of carbonyl (C=O) groups excluding carboxylic acids is 1. The lowest BCUT2D eigenvalue weighted by molar-refractivity contribution is 0.0689. The van der Waals surface area contributed by atoms with Crippen molar-refractivity contribution in [3.8, 4) is 12.3 Å². The Morgan fingerprint density at radius 1 is 1.30 bits per heavy atom. The number of aromatic carboxylic acids is 1. The number of rotatable bonds is 5. The summed E-state index contributed by atoms with van der Waals surface area (Å²) in [5.74, 6) is 1.03. The zero-order valence-electron chi connectivity index (χ0n) is 12.0. The van der Waals surface area contributed by atoms with Crippen LogP contribution in [0.3, 0.4) is 0 Å². The monoisotopic (exact) mass is 273 g/mol. The molecule has 106 valence electrons. The molecule has 1 rings (SSSR count). The van der Waals surface area contributed by atoms with Crippen LogP contribution in [-0.4, -0.2) is 23.0 Å². The minimum atomic E-state index is -1.10. The molecule has 4 nitrogen and oxygen atoms in total. The summed E-state index contributed by atoms with van der Waals surface area (Å²) in [4.78, 5) is 23.7. The highest BCUT2D eigenvalue weighted by Gasteiger charge is 2.22. The molecule has 0 aliphatic rings. The van der Waals surface area contributed by atoms with Gasteiger partial charge in [0.1, 0.15) is 0 Å². The van der Waals surface area contributed by atoms with Crippen molar-refractivity contribution in [1.82, 2.24) is 5.32 Å². The molecule has 0 spiro atoms. The van der Waals surface area contributed by atoms with Crippen LogP contribution in [-0.2, 0) is 0 Å². The molecule has 4 heteroatoms. The van der Waals surface area contributed by atoms with Crippen LogP contribution < -0.4 is 5.32 Å². The van der Waals surface area contributed by atoms with Crippen molar-refractivity contribution in [3.05, 3.63) is 34.4 Å². The topological polar surface area (TPSA) is 66.4 Å². The molecule has 1 amide bonds. The molecular weight excluding hydrogens is 254 g/mol. The number of benzene rings is 1. The first-order chi connectivity index (χ1) is 9.42. The summed E-state index contributed by atoms with van der Waals surface area (Å²) in [5.41, 5.74) is 1.48. The largest absolute Gasteiger partial charge is 0.478 e. The molecular formula is C16H19NO3. The molecule has 0 saturated carbocycles. The first-order valence-corrected chi connectivity index (χ1v) is 6.50. The third-order valence-corrected chi connectivity index (χ3v) is 3.26. The second kappa shape index (κ2) is 6.76. The molecule has 2 N–H and O–H groups in total. The van der Waals surface area contributed by atoms with E-state index < -0.39 is 5.97 Å². The van der Waals surface area contributed by atoms with Crippen LogP contribution in [0.5, 0.6) is 0 Å². The normalized spacial score (nSPS) is 11.5. The van der Waals surface area contributed by atoms with Gasteiger partial charge in [-0.1, -0.05) is 19.1 Å². The Morgan fingerprint density at radius 3 is 2.30 bits per heavy atom. The van der Waals surface area contributed by atoms with Gasteiger partial charge in [-0.05, 0) is 31.4 Å². The number of carbonyl (C=O) groups is 2. The Hall–Kier alpha value is -2.28. The number of hydrogen-bond donors (Lipinski definition) is 2. The van der Waals surface area contributed by atoms with Gasteiger partial charge in [0, 0.05) is 12.5 Å². The van der Waals surface area contributed by atoms with Crippen molar-refractivity contribution >= 4 is 11.9 Å². The molecule has 0 aliphatic carbocycles. The summed E-state index contributed by atoms with van der Waals surface area (Å²) < 4.78 is 0. The molecule has 20 heavy (non-hydrogen) atoms. The van der Waals surface area contributed by atoms with E-state index in [2.05, 4.69) is 11.2 Å². The molecule has 0 fully saturated rings. The highest BCUT2D eigenvalue weighted by molar-refractivity contribution is 6.06. The van der Waals surface area contributed by atoms with E-state index in [9.17, 15) is 14.7 Å². The van der Waals surface area contributed by atoms with E-state index in [4.69, 9.17) is 6.42 Å². The van der Waals surface area contributed by atoms with Gasteiger partial charge < -0.3 is 10.4 Å². The molecule has 0 aliphatic heterocycles. The maximum Gasteiger partial charge on any atom is 0.336 e. The van der Waals surface area contributed by atoms with Crippen molar-refractivity contribution in [1.29, 1.82) is 0 Å². The Kier molecular flexibility index (Phi) is 5.33. The van der Waals surface area contributed by atoms with Gasteiger partial charge in [-0.2, -0.15) is 0 Å². The van der Waals surface area contributed by atoms with Crippen LogP contribution >= 0.6 is 0 Å². The molecule has 0 saturated heterocycles. The third kappa shape index (κ3) is 3.39. The number of amides is 1. The summed E-state index contributed by atoms with van der Waals surface area (Å²) in [7, 11) is 0. The van der Waals surface area contributed by atoms with Gasteiger partial charge in [0.25, 0.3) is 5.91 Å². The molecule has 1 atom stereocenters. The lowest BCUT2D eigenvalue weighted by Gasteiger charge is -2.17. The highest BCUT2D eigenvalue weighted by Crippen LogP contribution is 2.19. The van der Waals surface area contributed by atoms with Crippen LogP contribution in [0, 0.1) is 26.2 Å². The number of aryl methyl sites for hydroxylation is 2. The van der Waals surface area contributed by atoms with Crippen molar-refractivity contribution in [2.75, 3.05) is 0 Å². The van der Waals surface area contributed by atoms with Gasteiger partial charge in [0.05, 0.1) is 11.1 Å². The highest BCUT2D eigenvalue weighted by atomic mass is 16.4. The molecule has 0 heterocycles. The average Bonchev–Trinajstić information content (AvgIpc) is 2.39. The summed E-state index contributed by atoms with van der Waals surface area (Å²) in [5, 5.41) is 12.1. The fraction of sp³-hybridized carbons (Fsp3) is 0.375. The number of terminal acetylenes is 1. The lowest BCUT2D eigenvalue weighted by atomic mass is 9.96. The van der Waals surface area contributed by atoms with Crippen LogP contribution in [0.1, 0.15) is 51.6 Å². The van der Waals surface area contributed by atoms with Gasteiger partial charge in [-0.15, -0.1) is 12.3 Å². The van der Waals surface area contributed by atoms with E-state index in [1.165, 1.54) is 0 Å². The van der Waals surface area contributed by atoms with Gasteiger partial charge in [0.15, 0.2) is 0 Å². The number of carboxylic acids is 1. The van der Waals surface area contributed by atoms with Gasteiger partial charge >= 0.3 is 5.97 Å². The Morgan fingerprint density at radius 2 is 1.85 bits per heavy atom. The minimum Gasteiger partial charge on any atom is -0.478 e. The zero-order chi connectivity index (χ0) is 15.3. The summed E-state index contributed by atoms with van der Waals surface area (Å²) in [6.07, 6.45) is 6.38. The van der Waals surface area contributed by atoms with Gasteiger partial charge in [-0.3, -0.25) is 4.79 Å². The van der Waals surface area contributed by atoms with Crippen molar-refractivity contribution in [2.45, 2.75) is 39.7 Å². The number of nitrogens with one attached hydrogen (secondary N) is 1. The third-order valence-electron chi connectivity index (χ3n) is 3.26. The van der Waals surface area contributed by atoms with E-state index >= 15 is 0 Å². The number of carboxylic acid groups (broad SMARTS) is 1. The van der Waals surface area contributed by atoms with E-state index in [-0.39, 0.29) is 23.1 Å². The van der Waals surface area contributed by atoms with E-state index in [0.717, 1.165) is 0 Å². The summed E-state index contributed by atoms with van der Waals surface area (Å²) >= 11 is 0. The van der Waals surface area contributed by atoms with Crippen LogP contribution in [0.2, 0.25) is 0 Å². The van der Waals surface area contributed by atoms with Crippen molar-refractivity contribution in [2.24, 2.45) is 0 Å². The van der Waals surface area contributed by atoms with Crippen LogP contribution in [0.25, 0.3) is 0 Å². The Labute approximate surface area is 119 Å². The summed E-state index contributed by atoms with van der Waals surface area (Å²) in [6.45, 7) is 5.32. The van der Waals surface area contributed by atoms with Gasteiger partial charge in [0.2, 0.25) is 0 Å². The Bertz CT molecular complexity index is 570. The van der Waals surface area contributed by atoms with Crippen molar-refractivity contribution < 1.29 is 14.7 Å². The second-order valence-electron chi connectivity index (χ2n) is 4.74. The van der Waals surface area contributed by atoms with Crippen LogP contribution in [0.15, 0.2) is 12.1 Å². The Balaban J connectivity index is 3.19. The smallest absolute Gasteiger partial charge is 0.336 e. The molecule has 1 aromatic carbocycles. The first kappa shape index (κ1) is 15.8. The first-order valence-electron chi connectivity index (χ1n) is 6.50. The average molecular weight is 273 g/mol. The molecule has 0 radical (unpaired) electrons. The number of hydrogen-bond acceptors (Lipinski definition) is 2.